The monoisotopic (exact) mass is 436 g/mol. The topological polar surface area (TPSA) is 58.6 Å². The van der Waals surface area contributed by atoms with Gasteiger partial charge in [-0.1, -0.05) is 27.5 Å². The van der Waals surface area contributed by atoms with Gasteiger partial charge in [-0.15, -0.1) is 0 Å². The molecule has 0 aromatic heterocycles. The second kappa shape index (κ2) is 8.77. The van der Waals surface area contributed by atoms with E-state index in [1.807, 2.05) is 4.90 Å². The molecule has 1 aliphatic rings. The highest BCUT2D eigenvalue weighted by atomic mass is 79.9. The zero-order valence-electron chi connectivity index (χ0n) is 14.0. The van der Waals surface area contributed by atoms with Crippen LogP contribution in [-0.4, -0.2) is 49.4 Å². The van der Waals surface area contributed by atoms with E-state index in [0.29, 0.717) is 35.1 Å². The molecule has 136 valence electrons. The van der Waals surface area contributed by atoms with Crippen LogP contribution in [-0.2, 0) is 9.53 Å². The highest BCUT2D eigenvalue weighted by molar-refractivity contribution is 9.10. The van der Waals surface area contributed by atoms with Gasteiger partial charge in [0.15, 0.2) is 5.78 Å². The number of benzene rings is 2. The Morgan fingerprint density at radius 2 is 1.81 bits per heavy atom. The Bertz CT molecular complexity index is 805. The van der Waals surface area contributed by atoms with Gasteiger partial charge in [-0.3, -0.25) is 14.5 Å². The number of amides is 1. The number of hydrogen-bond acceptors (Lipinski definition) is 4. The second-order valence-electron chi connectivity index (χ2n) is 5.96. The molecule has 7 heteroatoms. The normalized spacial score (nSPS) is 14.8. The first kappa shape index (κ1) is 19.0. The first-order valence-electron chi connectivity index (χ1n) is 8.23. The fourth-order valence-corrected chi connectivity index (χ4v) is 3.21. The molecule has 0 bridgehead atoms. The van der Waals surface area contributed by atoms with E-state index < -0.39 is 0 Å². The van der Waals surface area contributed by atoms with Crippen LogP contribution in [0.4, 0.5) is 5.69 Å². The second-order valence-corrected chi connectivity index (χ2v) is 7.31. The molecular weight excluding hydrogens is 420 g/mol. The zero-order chi connectivity index (χ0) is 18.5. The molecule has 0 atom stereocenters. The van der Waals surface area contributed by atoms with Crippen LogP contribution in [0.15, 0.2) is 46.9 Å². The summed E-state index contributed by atoms with van der Waals surface area (Å²) in [5.41, 5.74) is 1.43. The average Bonchev–Trinajstić information content (AvgIpc) is 2.64. The average molecular weight is 438 g/mol. The third-order valence-electron chi connectivity index (χ3n) is 4.08. The van der Waals surface area contributed by atoms with Crippen molar-refractivity contribution < 1.29 is 14.3 Å². The highest BCUT2D eigenvalue weighted by Crippen LogP contribution is 2.24. The van der Waals surface area contributed by atoms with Crippen LogP contribution in [0.2, 0.25) is 5.02 Å². The summed E-state index contributed by atoms with van der Waals surface area (Å²) < 4.78 is 6.05. The molecule has 0 radical (unpaired) electrons. The molecule has 0 saturated carbocycles. The van der Waals surface area contributed by atoms with Crippen molar-refractivity contribution >= 4 is 44.9 Å². The summed E-state index contributed by atoms with van der Waals surface area (Å²) in [5, 5.41) is 3.42. The standard InChI is InChI=1S/C19H18BrClN2O3/c20-14-3-6-17(22-18(24)12-23-7-9-26-10-8-23)16(11-14)19(25)13-1-4-15(21)5-2-13/h1-6,11H,7-10,12H2,(H,22,24). The highest BCUT2D eigenvalue weighted by Gasteiger charge is 2.18. The fraction of sp³-hybridized carbons (Fsp3) is 0.263. The van der Waals surface area contributed by atoms with Crippen LogP contribution in [0.25, 0.3) is 0 Å². The largest absolute Gasteiger partial charge is 0.379 e. The maximum Gasteiger partial charge on any atom is 0.238 e. The molecule has 26 heavy (non-hydrogen) atoms. The fourth-order valence-electron chi connectivity index (χ4n) is 2.72. The summed E-state index contributed by atoms with van der Waals surface area (Å²) in [6.07, 6.45) is 0. The van der Waals surface area contributed by atoms with Crippen molar-refractivity contribution in [1.29, 1.82) is 0 Å². The first-order valence-corrected chi connectivity index (χ1v) is 9.40. The first-order chi connectivity index (χ1) is 12.5. The number of nitrogens with zero attached hydrogens (tertiary/aromatic N) is 1. The van der Waals surface area contributed by atoms with Gasteiger partial charge in [0.2, 0.25) is 5.91 Å². The van der Waals surface area contributed by atoms with Crippen molar-refractivity contribution in [1.82, 2.24) is 4.90 Å². The van der Waals surface area contributed by atoms with Gasteiger partial charge in [0.25, 0.3) is 0 Å². The van der Waals surface area contributed by atoms with E-state index in [-0.39, 0.29) is 18.2 Å². The summed E-state index contributed by atoms with van der Waals surface area (Å²) >= 11 is 9.28. The van der Waals surface area contributed by atoms with Gasteiger partial charge in [-0.05, 0) is 42.5 Å². The van der Waals surface area contributed by atoms with E-state index >= 15 is 0 Å². The molecule has 1 N–H and O–H groups in total. The minimum atomic E-state index is -0.176. The number of halogens is 2. The van der Waals surface area contributed by atoms with Crippen molar-refractivity contribution in [2.75, 3.05) is 38.2 Å². The molecule has 0 aliphatic carbocycles. The molecule has 0 unspecified atom stereocenters. The SMILES string of the molecule is O=C(CN1CCOCC1)Nc1ccc(Br)cc1C(=O)c1ccc(Cl)cc1. The summed E-state index contributed by atoms with van der Waals surface area (Å²) in [7, 11) is 0. The van der Waals surface area contributed by atoms with Crippen LogP contribution in [0.1, 0.15) is 15.9 Å². The van der Waals surface area contributed by atoms with Gasteiger partial charge in [0, 0.05) is 33.7 Å². The van der Waals surface area contributed by atoms with Gasteiger partial charge in [-0.2, -0.15) is 0 Å². The van der Waals surface area contributed by atoms with E-state index in [9.17, 15) is 9.59 Å². The number of ketones is 1. The summed E-state index contributed by atoms with van der Waals surface area (Å²) in [6, 6.07) is 11.9. The lowest BCUT2D eigenvalue weighted by atomic mass is 10.0. The minimum absolute atomic E-state index is 0.153. The predicted octanol–water partition coefficient (Wildman–Crippen LogP) is 3.60. The van der Waals surface area contributed by atoms with E-state index in [1.165, 1.54) is 0 Å². The number of ether oxygens (including phenoxy) is 1. The van der Waals surface area contributed by atoms with E-state index in [0.717, 1.165) is 17.6 Å². The third kappa shape index (κ3) is 4.92. The van der Waals surface area contributed by atoms with Crippen molar-refractivity contribution in [3.63, 3.8) is 0 Å². The predicted molar refractivity (Wildman–Crippen MR) is 105 cm³/mol. The van der Waals surface area contributed by atoms with Gasteiger partial charge < -0.3 is 10.1 Å². The van der Waals surface area contributed by atoms with Gasteiger partial charge in [-0.25, -0.2) is 0 Å². The number of rotatable bonds is 5. The smallest absolute Gasteiger partial charge is 0.238 e. The quantitative estimate of drug-likeness (QED) is 0.726. The zero-order valence-corrected chi connectivity index (χ0v) is 16.3. The Balaban J connectivity index is 1.78. The third-order valence-corrected chi connectivity index (χ3v) is 4.82. The molecule has 1 amide bonds. The lowest BCUT2D eigenvalue weighted by Crippen LogP contribution is -2.41. The summed E-state index contributed by atoms with van der Waals surface area (Å²) in [4.78, 5) is 27.3. The van der Waals surface area contributed by atoms with Crippen LogP contribution in [0, 0.1) is 0 Å². The Morgan fingerprint density at radius 3 is 2.50 bits per heavy atom. The van der Waals surface area contributed by atoms with Gasteiger partial charge in [0.1, 0.15) is 0 Å². The molecule has 0 spiro atoms. The van der Waals surface area contributed by atoms with E-state index in [1.54, 1.807) is 42.5 Å². The lowest BCUT2D eigenvalue weighted by Gasteiger charge is -2.26. The Hall–Kier alpha value is -1.73. The molecular formula is C19H18BrClN2O3. The lowest BCUT2D eigenvalue weighted by molar-refractivity contribution is -0.118. The summed E-state index contributed by atoms with van der Waals surface area (Å²) in [5.74, 6) is -0.330. The van der Waals surface area contributed by atoms with Crippen molar-refractivity contribution in [2.24, 2.45) is 0 Å². The molecule has 1 aliphatic heterocycles. The Kier molecular flexibility index (Phi) is 6.43. The molecule has 3 rings (SSSR count). The van der Waals surface area contributed by atoms with Crippen LogP contribution in [0.3, 0.4) is 0 Å². The van der Waals surface area contributed by atoms with E-state index in [4.69, 9.17) is 16.3 Å². The van der Waals surface area contributed by atoms with Crippen LogP contribution in [0.5, 0.6) is 0 Å². The Morgan fingerprint density at radius 1 is 1.12 bits per heavy atom. The Labute approximate surface area is 165 Å². The number of carbonyl (C=O) groups excluding carboxylic acids is 2. The molecule has 2 aromatic carbocycles. The minimum Gasteiger partial charge on any atom is -0.379 e. The van der Waals surface area contributed by atoms with Gasteiger partial charge in [0.05, 0.1) is 25.4 Å². The number of nitrogens with one attached hydrogen (secondary N) is 1. The van der Waals surface area contributed by atoms with Gasteiger partial charge >= 0.3 is 0 Å². The molecule has 1 fully saturated rings. The van der Waals surface area contributed by atoms with Crippen molar-refractivity contribution in [3.05, 3.63) is 63.1 Å². The maximum absolute atomic E-state index is 12.9. The molecule has 1 saturated heterocycles. The molecule has 5 nitrogen and oxygen atoms in total. The maximum atomic E-state index is 12.9. The number of anilines is 1. The van der Waals surface area contributed by atoms with E-state index in [2.05, 4.69) is 21.2 Å². The number of morpholine rings is 1. The summed E-state index contributed by atoms with van der Waals surface area (Å²) in [6.45, 7) is 2.99. The number of carbonyl (C=O) groups is 2. The van der Waals surface area contributed by atoms with Crippen LogP contribution >= 0.6 is 27.5 Å². The van der Waals surface area contributed by atoms with Crippen molar-refractivity contribution in [3.8, 4) is 0 Å². The van der Waals surface area contributed by atoms with Crippen LogP contribution < -0.4 is 5.32 Å². The number of hydrogen-bond donors (Lipinski definition) is 1. The molecule has 2 aromatic rings. The van der Waals surface area contributed by atoms with Crippen molar-refractivity contribution in [2.45, 2.75) is 0 Å². The molecule has 1 heterocycles.